The van der Waals surface area contributed by atoms with Gasteiger partial charge in [0.25, 0.3) is 5.91 Å². The molecule has 27 heavy (non-hydrogen) atoms. The monoisotopic (exact) mass is 382 g/mol. The fourth-order valence-corrected chi connectivity index (χ4v) is 4.30. The largest absolute Gasteiger partial charge is 0.340 e. The summed E-state index contributed by atoms with van der Waals surface area (Å²) in [5.74, 6) is 0.0389. The number of benzene rings is 2. The minimum atomic E-state index is 0.0389. The first kappa shape index (κ1) is 19.5. The highest BCUT2D eigenvalue weighted by Crippen LogP contribution is 2.31. The Morgan fingerprint density at radius 2 is 1.78 bits per heavy atom. The number of hydrogen-bond donors (Lipinski definition) is 1. The topological polar surface area (TPSA) is 37.6 Å². The Hall–Kier alpha value is -2.24. The van der Waals surface area contributed by atoms with Gasteiger partial charge in [0.15, 0.2) is 5.13 Å². The van der Waals surface area contributed by atoms with Crippen molar-refractivity contribution in [2.24, 2.45) is 0 Å². The van der Waals surface area contributed by atoms with E-state index in [0.29, 0.717) is 6.54 Å². The molecule has 0 saturated carbocycles. The first-order chi connectivity index (χ1) is 12.8. The second kappa shape index (κ2) is 8.19. The standard InChI is InChI=1S/C22H27N3OS/c1-15-7-9-18(17(3)13-15)21(26)25(12-6-11-24(4)5)22-23-19-10-8-16(2)14-20(19)27-22/h7-10,13-14H,6,11-12H2,1-5H3/p+1. The van der Waals surface area contributed by atoms with Crippen LogP contribution in [0.2, 0.25) is 0 Å². The number of fused-ring (bicyclic) bond motifs is 1. The number of carbonyl (C=O) groups excluding carboxylic acids is 1. The maximum absolute atomic E-state index is 13.4. The van der Waals surface area contributed by atoms with E-state index in [1.54, 1.807) is 11.3 Å². The van der Waals surface area contributed by atoms with Crippen molar-refractivity contribution in [2.45, 2.75) is 27.2 Å². The van der Waals surface area contributed by atoms with Gasteiger partial charge in [-0.1, -0.05) is 35.1 Å². The number of thiazole rings is 1. The minimum absolute atomic E-state index is 0.0389. The van der Waals surface area contributed by atoms with Gasteiger partial charge in [0.2, 0.25) is 0 Å². The molecule has 0 bridgehead atoms. The van der Waals surface area contributed by atoms with Crippen LogP contribution >= 0.6 is 11.3 Å². The molecular weight excluding hydrogens is 354 g/mol. The van der Waals surface area contributed by atoms with Gasteiger partial charge in [-0.3, -0.25) is 9.69 Å². The summed E-state index contributed by atoms with van der Waals surface area (Å²) < 4.78 is 1.13. The third kappa shape index (κ3) is 4.54. The van der Waals surface area contributed by atoms with Gasteiger partial charge in [0.1, 0.15) is 0 Å². The number of rotatable bonds is 6. The third-order valence-electron chi connectivity index (χ3n) is 4.68. The zero-order valence-electron chi connectivity index (χ0n) is 16.8. The molecule has 1 aromatic heterocycles. The number of anilines is 1. The number of nitrogens with zero attached hydrogens (tertiary/aromatic N) is 2. The quantitative estimate of drug-likeness (QED) is 0.709. The molecule has 0 aliphatic carbocycles. The third-order valence-corrected chi connectivity index (χ3v) is 5.72. The molecule has 0 unspecified atom stereocenters. The number of amides is 1. The average Bonchev–Trinajstić information content (AvgIpc) is 3.00. The number of aryl methyl sites for hydroxylation is 3. The van der Waals surface area contributed by atoms with Crippen LogP contribution < -0.4 is 9.80 Å². The fourth-order valence-electron chi connectivity index (χ4n) is 3.21. The molecule has 1 amide bonds. The van der Waals surface area contributed by atoms with Crippen molar-refractivity contribution in [1.29, 1.82) is 0 Å². The fraction of sp³-hybridized carbons (Fsp3) is 0.364. The van der Waals surface area contributed by atoms with Crippen LogP contribution in [0.4, 0.5) is 5.13 Å². The first-order valence-electron chi connectivity index (χ1n) is 9.40. The second-order valence-corrected chi connectivity index (χ2v) is 8.56. The van der Waals surface area contributed by atoms with Crippen molar-refractivity contribution >= 4 is 32.6 Å². The molecule has 0 radical (unpaired) electrons. The molecule has 3 aromatic rings. The molecule has 0 aliphatic heterocycles. The number of nitrogens with one attached hydrogen (secondary N) is 1. The summed E-state index contributed by atoms with van der Waals surface area (Å²) >= 11 is 1.60. The molecule has 0 aliphatic rings. The van der Waals surface area contributed by atoms with Crippen LogP contribution in [0.3, 0.4) is 0 Å². The minimum Gasteiger partial charge on any atom is -0.340 e. The molecule has 1 heterocycles. The molecule has 5 heteroatoms. The predicted octanol–water partition coefficient (Wildman–Crippen LogP) is 3.40. The van der Waals surface area contributed by atoms with Crippen molar-refractivity contribution < 1.29 is 9.69 Å². The van der Waals surface area contributed by atoms with Gasteiger partial charge < -0.3 is 4.90 Å². The van der Waals surface area contributed by atoms with E-state index in [4.69, 9.17) is 4.98 Å². The van der Waals surface area contributed by atoms with Crippen LogP contribution in [0, 0.1) is 20.8 Å². The Bertz CT molecular complexity index is 961. The molecule has 1 N–H and O–H groups in total. The van der Waals surface area contributed by atoms with Crippen molar-refractivity contribution in [2.75, 3.05) is 32.1 Å². The van der Waals surface area contributed by atoms with Gasteiger partial charge in [0, 0.05) is 18.5 Å². The highest BCUT2D eigenvalue weighted by molar-refractivity contribution is 7.22. The number of carbonyl (C=O) groups is 1. The van der Waals surface area contributed by atoms with Crippen LogP contribution in [0.5, 0.6) is 0 Å². The smallest absolute Gasteiger partial charge is 0.260 e. The van der Waals surface area contributed by atoms with E-state index >= 15 is 0 Å². The lowest BCUT2D eigenvalue weighted by molar-refractivity contribution is -0.858. The summed E-state index contributed by atoms with van der Waals surface area (Å²) in [6.07, 6.45) is 0.938. The Morgan fingerprint density at radius 3 is 2.48 bits per heavy atom. The SMILES string of the molecule is Cc1ccc(C(=O)N(CCC[NH+](C)C)c2nc3ccc(C)cc3s2)c(C)c1. The predicted molar refractivity (Wildman–Crippen MR) is 114 cm³/mol. The lowest BCUT2D eigenvalue weighted by atomic mass is 10.0. The zero-order valence-corrected chi connectivity index (χ0v) is 17.6. The molecule has 3 rings (SSSR count). The second-order valence-electron chi connectivity index (χ2n) is 7.55. The van der Waals surface area contributed by atoms with Crippen molar-refractivity contribution in [3.8, 4) is 0 Å². The van der Waals surface area contributed by atoms with E-state index < -0.39 is 0 Å². The van der Waals surface area contributed by atoms with E-state index in [2.05, 4.69) is 46.1 Å². The van der Waals surface area contributed by atoms with Crippen LogP contribution in [0.1, 0.15) is 33.5 Å². The number of quaternary nitrogens is 1. The van der Waals surface area contributed by atoms with E-state index in [1.807, 2.05) is 30.0 Å². The van der Waals surface area contributed by atoms with Gasteiger partial charge in [-0.15, -0.1) is 0 Å². The van der Waals surface area contributed by atoms with E-state index in [-0.39, 0.29) is 5.91 Å². The number of aromatic nitrogens is 1. The van der Waals surface area contributed by atoms with Gasteiger partial charge in [-0.2, -0.15) is 0 Å². The summed E-state index contributed by atoms with van der Waals surface area (Å²) in [7, 11) is 4.27. The molecule has 0 spiro atoms. The Balaban J connectivity index is 1.97. The van der Waals surface area contributed by atoms with Gasteiger partial charge in [-0.05, 0) is 50.1 Å². The lowest BCUT2D eigenvalue weighted by Crippen LogP contribution is -3.05. The molecule has 0 atom stereocenters. The van der Waals surface area contributed by atoms with Crippen LogP contribution in [-0.4, -0.2) is 38.1 Å². The molecule has 0 fully saturated rings. The summed E-state index contributed by atoms with van der Waals surface area (Å²) in [5.41, 5.74) is 5.11. The van der Waals surface area contributed by atoms with Crippen molar-refractivity contribution in [3.05, 3.63) is 58.7 Å². The van der Waals surface area contributed by atoms with E-state index in [9.17, 15) is 4.79 Å². The summed E-state index contributed by atoms with van der Waals surface area (Å²) in [6, 6.07) is 12.3. The molecule has 4 nitrogen and oxygen atoms in total. The Kier molecular flexibility index (Phi) is 5.92. The summed E-state index contributed by atoms with van der Waals surface area (Å²) in [5, 5.41) is 0.786. The Morgan fingerprint density at radius 1 is 1.07 bits per heavy atom. The summed E-state index contributed by atoms with van der Waals surface area (Å²) in [6.45, 7) is 7.83. The van der Waals surface area contributed by atoms with Crippen LogP contribution in [0.15, 0.2) is 36.4 Å². The van der Waals surface area contributed by atoms with Gasteiger partial charge in [-0.25, -0.2) is 4.98 Å². The van der Waals surface area contributed by atoms with Gasteiger partial charge in [0.05, 0.1) is 30.9 Å². The highest BCUT2D eigenvalue weighted by Gasteiger charge is 2.22. The number of hydrogen-bond acceptors (Lipinski definition) is 3. The average molecular weight is 383 g/mol. The van der Waals surface area contributed by atoms with Crippen LogP contribution in [-0.2, 0) is 0 Å². The Labute approximate surface area is 165 Å². The maximum atomic E-state index is 13.4. The molecule has 142 valence electrons. The molecular formula is C22H28N3OS+. The molecule has 2 aromatic carbocycles. The zero-order chi connectivity index (χ0) is 19.6. The lowest BCUT2D eigenvalue weighted by Gasteiger charge is -2.21. The van der Waals surface area contributed by atoms with E-state index in [0.717, 1.165) is 39.4 Å². The van der Waals surface area contributed by atoms with Gasteiger partial charge >= 0.3 is 0 Å². The van der Waals surface area contributed by atoms with Crippen LogP contribution in [0.25, 0.3) is 10.2 Å². The maximum Gasteiger partial charge on any atom is 0.260 e. The molecule has 0 saturated heterocycles. The summed E-state index contributed by atoms with van der Waals surface area (Å²) in [4.78, 5) is 21.4. The normalized spacial score (nSPS) is 11.3. The highest BCUT2D eigenvalue weighted by atomic mass is 32.1. The first-order valence-corrected chi connectivity index (χ1v) is 10.2. The van der Waals surface area contributed by atoms with Crippen molar-refractivity contribution in [1.82, 2.24) is 4.98 Å². The van der Waals surface area contributed by atoms with Crippen molar-refractivity contribution in [3.63, 3.8) is 0 Å². The van der Waals surface area contributed by atoms with E-state index in [1.165, 1.54) is 16.0 Å².